The quantitative estimate of drug-likeness (QED) is 0.599. The molecule has 0 unspecified atom stereocenters. The van der Waals surface area contributed by atoms with Crippen molar-refractivity contribution < 1.29 is 4.79 Å². The third-order valence-corrected chi connectivity index (χ3v) is 6.79. The van der Waals surface area contributed by atoms with E-state index in [1.54, 1.807) is 16.0 Å². The van der Waals surface area contributed by atoms with Crippen LogP contribution >= 0.6 is 23.1 Å². The van der Waals surface area contributed by atoms with Crippen molar-refractivity contribution in [2.45, 2.75) is 50.4 Å². The fourth-order valence-corrected chi connectivity index (χ4v) is 4.84. The van der Waals surface area contributed by atoms with E-state index in [2.05, 4.69) is 39.0 Å². The SMILES string of the molecule is C[C@H](NC(=O)CSc1nnnn1Cc1cccs1)c1ccc2c(c1)CCCC2. The largest absolute Gasteiger partial charge is 0.349 e. The number of thiophene rings is 1. The van der Waals surface area contributed by atoms with Crippen molar-refractivity contribution >= 4 is 29.0 Å². The van der Waals surface area contributed by atoms with Crippen LogP contribution in [0.2, 0.25) is 0 Å². The molecular formula is C20H23N5OS2. The summed E-state index contributed by atoms with van der Waals surface area (Å²) in [5, 5.41) is 17.6. The van der Waals surface area contributed by atoms with Gasteiger partial charge in [-0.3, -0.25) is 4.79 Å². The Kier molecular flexibility index (Phi) is 6.07. The zero-order valence-electron chi connectivity index (χ0n) is 15.8. The Hall–Kier alpha value is -2.19. The van der Waals surface area contributed by atoms with Gasteiger partial charge in [0.15, 0.2) is 0 Å². The summed E-state index contributed by atoms with van der Waals surface area (Å²) in [6.07, 6.45) is 4.86. The number of amides is 1. The molecule has 146 valence electrons. The number of carbonyl (C=O) groups is 1. The molecule has 0 saturated carbocycles. The van der Waals surface area contributed by atoms with Crippen molar-refractivity contribution in [2.24, 2.45) is 0 Å². The number of nitrogens with zero attached hydrogens (tertiary/aromatic N) is 4. The summed E-state index contributed by atoms with van der Waals surface area (Å²) < 4.78 is 1.73. The highest BCUT2D eigenvalue weighted by molar-refractivity contribution is 7.99. The second-order valence-corrected chi connectivity index (χ2v) is 8.99. The maximum absolute atomic E-state index is 12.4. The smallest absolute Gasteiger partial charge is 0.230 e. The first-order chi connectivity index (χ1) is 13.7. The molecule has 0 saturated heterocycles. The van der Waals surface area contributed by atoms with Gasteiger partial charge in [-0.25, -0.2) is 4.68 Å². The predicted molar refractivity (Wildman–Crippen MR) is 112 cm³/mol. The summed E-state index contributed by atoms with van der Waals surface area (Å²) in [6.45, 7) is 2.66. The van der Waals surface area contributed by atoms with Crippen molar-refractivity contribution in [2.75, 3.05) is 5.75 Å². The molecule has 2 aromatic heterocycles. The Balaban J connectivity index is 1.32. The molecule has 1 aromatic carbocycles. The summed E-state index contributed by atoms with van der Waals surface area (Å²) in [4.78, 5) is 13.6. The van der Waals surface area contributed by atoms with Gasteiger partial charge in [-0.05, 0) is 71.2 Å². The fourth-order valence-electron chi connectivity index (χ4n) is 3.47. The number of aryl methyl sites for hydroxylation is 2. The molecule has 1 aliphatic rings. The summed E-state index contributed by atoms with van der Waals surface area (Å²) in [5.41, 5.74) is 4.06. The van der Waals surface area contributed by atoms with E-state index in [1.807, 2.05) is 24.4 Å². The van der Waals surface area contributed by atoms with Gasteiger partial charge in [-0.15, -0.1) is 16.4 Å². The number of benzene rings is 1. The number of hydrogen-bond acceptors (Lipinski definition) is 6. The molecule has 1 amide bonds. The van der Waals surface area contributed by atoms with Gasteiger partial charge < -0.3 is 5.32 Å². The molecule has 0 spiro atoms. The Morgan fingerprint density at radius 3 is 2.96 bits per heavy atom. The van der Waals surface area contributed by atoms with Crippen molar-refractivity contribution in [1.82, 2.24) is 25.5 Å². The predicted octanol–water partition coefficient (Wildman–Crippen LogP) is 3.63. The van der Waals surface area contributed by atoms with Crippen LogP contribution in [0, 0.1) is 0 Å². The number of nitrogens with one attached hydrogen (secondary N) is 1. The molecule has 6 nitrogen and oxygen atoms in total. The monoisotopic (exact) mass is 413 g/mol. The van der Waals surface area contributed by atoms with Crippen LogP contribution in [-0.2, 0) is 24.2 Å². The normalized spacial score (nSPS) is 14.5. The second-order valence-electron chi connectivity index (χ2n) is 7.01. The first kappa shape index (κ1) is 19.1. The first-order valence-electron chi connectivity index (χ1n) is 9.51. The lowest BCUT2D eigenvalue weighted by molar-refractivity contribution is -0.119. The number of rotatable bonds is 7. The van der Waals surface area contributed by atoms with Crippen LogP contribution in [0.1, 0.15) is 47.4 Å². The van der Waals surface area contributed by atoms with Crippen molar-refractivity contribution in [3.8, 4) is 0 Å². The lowest BCUT2D eigenvalue weighted by atomic mass is 9.89. The molecule has 0 bridgehead atoms. The molecule has 1 N–H and O–H groups in total. The lowest BCUT2D eigenvalue weighted by Crippen LogP contribution is -2.28. The van der Waals surface area contributed by atoms with Crippen LogP contribution < -0.4 is 5.32 Å². The van der Waals surface area contributed by atoms with Crippen LogP contribution in [0.25, 0.3) is 0 Å². The van der Waals surface area contributed by atoms with Crippen LogP contribution in [0.4, 0.5) is 0 Å². The highest BCUT2D eigenvalue weighted by Crippen LogP contribution is 2.25. The average molecular weight is 414 g/mol. The molecule has 4 rings (SSSR count). The van der Waals surface area contributed by atoms with Crippen molar-refractivity contribution in [3.05, 3.63) is 57.3 Å². The van der Waals surface area contributed by atoms with Crippen LogP contribution in [0.15, 0.2) is 40.9 Å². The number of thioether (sulfide) groups is 1. The first-order valence-corrected chi connectivity index (χ1v) is 11.4. The lowest BCUT2D eigenvalue weighted by Gasteiger charge is -2.20. The minimum absolute atomic E-state index is 0.0116. The molecule has 1 atom stereocenters. The van der Waals surface area contributed by atoms with Gasteiger partial charge in [0.2, 0.25) is 11.1 Å². The highest BCUT2D eigenvalue weighted by Gasteiger charge is 2.15. The summed E-state index contributed by atoms with van der Waals surface area (Å²) in [6, 6.07) is 10.7. The van der Waals surface area contributed by atoms with Gasteiger partial charge in [0, 0.05) is 4.88 Å². The van der Waals surface area contributed by atoms with E-state index in [4.69, 9.17) is 0 Å². The standard InChI is InChI=1S/C20H23N5OS2/c1-14(16-9-8-15-5-2-3-6-17(15)11-16)21-19(26)13-28-20-22-23-24-25(20)12-18-7-4-10-27-18/h4,7-11,14H,2-3,5-6,12-13H2,1H3,(H,21,26)/t14-/m0/s1. The Labute approximate surface area is 172 Å². The van der Waals surface area contributed by atoms with Gasteiger partial charge in [0.05, 0.1) is 18.3 Å². The van der Waals surface area contributed by atoms with Crippen molar-refractivity contribution in [1.29, 1.82) is 0 Å². The maximum Gasteiger partial charge on any atom is 0.230 e. The van der Waals surface area contributed by atoms with Crippen LogP contribution in [0.5, 0.6) is 0 Å². The highest BCUT2D eigenvalue weighted by atomic mass is 32.2. The number of hydrogen-bond donors (Lipinski definition) is 1. The number of tetrazole rings is 1. The Morgan fingerprint density at radius 2 is 2.14 bits per heavy atom. The average Bonchev–Trinajstić information content (AvgIpc) is 3.38. The number of fused-ring (bicyclic) bond motifs is 1. The van der Waals surface area contributed by atoms with E-state index in [-0.39, 0.29) is 11.9 Å². The number of carbonyl (C=O) groups excluding carboxylic acids is 1. The minimum Gasteiger partial charge on any atom is -0.349 e. The van der Waals surface area contributed by atoms with Crippen LogP contribution in [-0.4, -0.2) is 31.9 Å². The fraction of sp³-hybridized carbons (Fsp3) is 0.400. The van der Waals surface area contributed by atoms with E-state index in [0.717, 1.165) is 6.42 Å². The molecule has 28 heavy (non-hydrogen) atoms. The van der Waals surface area contributed by atoms with Gasteiger partial charge in [0.1, 0.15) is 0 Å². The van der Waals surface area contributed by atoms with Crippen molar-refractivity contribution in [3.63, 3.8) is 0 Å². The van der Waals surface area contributed by atoms with E-state index >= 15 is 0 Å². The molecule has 8 heteroatoms. The summed E-state index contributed by atoms with van der Waals surface area (Å²) >= 11 is 3.03. The topological polar surface area (TPSA) is 72.7 Å². The van der Waals surface area contributed by atoms with E-state index in [0.29, 0.717) is 17.5 Å². The zero-order chi connectivity index (χ0) is 19.3. The maximum atomic E-state index is 12.4. The van der Waals surface area contributed by atoms with Gasteiger partial charge in [-0.2, -0.15) is 0 Å². The third-order valence-electron chi connectivity index (χ3n) is 4.97. The van der Waals surface area contributed by atoms with Gasteiger partial charge >= 0.3 is 0 Å². The molecule has 3 aromatic rings. The molecule has 0 aliphatic heterocycles. The molecule has 1 aliphatic carbocycles. The summed E-state index contributed by atoms with van der Waals surface area (Å²) in [5.74, 6) is 0.279. The van der Waals surface area contributed by atoms with E-state index < -0.39 is 0 Å². The van der Waals surface area contributed by atoms with Crippen LogP contribution in [0.3, 0.4) is 0 Å². The zero-order valence-corrected chi connectivity index (χ0v) is 17.4. The Morgan fingerprint density at radius 1 is 1.29 bits per heavy atom. The molecule has 2 heterocycles. The van der Waals surface area contributed by atoms with Gasteiger partial charge in [-0.1, -0.05) is 36.0 Å². The molecule has 0 radical (unpaired) electrons. The second kappa shape index (κ2) is 8.87. The summed E-state index contributed by atoms with van der Waals surface area (Å²) in [7, 11) is 0. The molecular weight excluding hydrogens is 390 g/mol. The van der Waals surface area contributed by atoms with E-state index in [1.165, 1.54) is 52.6 Å². The Bertz CT molecular complexity index is 938. The van der Waals surface area contributed by atoms with E-state index in [9.17, 15) is 4.79 Å². The third kappa shape index (κ3) is 4.62. The van der Waals surface area contributed by atoms with Gasteiger partial charge in [0.25, 0.3) is 0 Å². The minimum atomic E-state index is -0.0131. The number of aromatic nitrogens is 4. The molecule has 0 fully saturated rings.